The molecule has 6 heteroatoms. The third-order valence-electron chi connectivity index (χ3n) is 1.39. The minimum absolute atomic E-state index is 0. The van der Waals surface area contributed by atoms with E-state index in [9.17, 15) is 4.79 Å². The first kappa shape index (κ1) is 20.2. The number of carbonyl (C=O) groups excluding carboxylic acids is 3. The summed E-state index contributed by atoms with van der Waals surface area (Å²) in [5.74, 6) is 0. The topological polar surface area (TPSA) is 57.7 Å². The van der Waals surface area contributed by atoms with Gasteiger partial charge >= 0.3 is 0 Å². The monoisotopic (exact) mass is 289 g/mol. The molecule has 0 rings (SSSR count). The van der Waals surface area contributed by atoms with Crippen LogP contribution in [0.25, 0.3) is 0 Å². The fraction of sp³-hybridized carbons (Fsp3) is 0.556. The predicted octanol–water partition coefficient (Wildman–Crippen LogP) is 0.464. The maximum atomic E-state index is 11.1. The van der Waals surface area contributed by atoms with Gasteiger partial charge in [-0.25, -0.2) is 6.04 Å². The van der Waals surface area contributed by atoms with Crippen LogP contribution < -0.4 is 0 Å². The molecule has 0 unspecified atom stereocenters. The summed E-state index contributed by atoms with van der Waals surface area (Å²) >= 11 is 0. The molecule has 0 aliphatic rings. The van der Waals surface area contributed by atoms with Crippen LogP contribution in [0.3, 0.4) is 0 Å². The van der Waals surface area contributed by atoms with Gasteiger partial charge in [-0.2, -0.15) is 20.1 Å². The zero-order chi connectivity index (χ0) is 11.7. The van der Waals surface area contributed by atoms with Gasteiger partial charge in [0.2, 0.25) is 0 Å². The number of carbonyl (C=O) groups is 2. The zero-order valence-electron chi connectivity index (χ0n) is 9.77. The molecule has 0 N–H and O–H groups in total. The van der Waals surface area contributed by atoms with Gasteiger partial charge < -0.3 is 19.4 Å². The van der Waals surface area contributed by atoms with Crippen molar-refractivity contribution in [2.45, 2.75) is 13.8 Å². The summed E-state index contributed by atoms with van der Waals surface area (Å²) in [6.45, 7) is 3.81. The Morgan fingerprint density at radius 2 is 1.60 bits per heavy atom. The van der Waals surface area contributed by atoms with Gasteiger partial charge in [-0.3, -0.25) is 4.79 Å². The van der Waals surface area contributed by atoms with E-state index in [1.807, 2.05) is 13.8 Å². The van der Waals surface area contributed by atoms with Gasteiger partial charge in [-0.1, -0.05) is 0 Å². The summed E-state index contributed by atoms with van der Waals surface area (Å²) in [7, 11) is 5.24. The zero-order valence-corrected chi connectivity index (χ0v) is 12.6. The quantitative estimate of drug-likeness (QED) is 0.422. The van der Waals surface area contributed by atoms with E-state index >= 15 is 0 Å². The predicted molar refractivity (Wildman–Crippen MR) is 53.2 cm³/mol. The first-order chi connectivity index (χ1) is 6.38. The minimum Gasteiger partial charge on any atom is -0.534 e. The Morgan fingerprint density at radius 1 is 1.27 bits per heavy atom. The molecule has 0 bridgehead atoms. The van der Waals surface area contributed by atoms with Crippen molar-refractivity contribution in [2.24, 2.45) is 0 Å². The molecule has 0 heterocycles. The number of hydrogen-bond acceptors (Lipinski definition) is 3. The summed E-state index contributed by atoms with van der Waals surface area (Å²) in [4.78, 5) is 31.7. The second-order valence-electron chi connectivity index (χ2n) is 2.92. The molecule has 0 aliphatic carbocycles. The molecule has 15 heavy (non-hydrogen) atoms. The van der Waals surface area contributed by atoms with Gasteiger partial charge in [-0.05, 0) is 7.05 Å². The second-order valence-corrected chi connectivity index (χ2v) is 2.92. The molecule has 0 aromatic carbocycles. The maximum Gasteiger partial charge on any atom is 0.289 e. The molecule has 0 spiro atoms. The smallest absolute Gasteiger partial charge is 0.289 e. The number of nitrogens with zero attached hydrogens (tertiary/aromatic N) is 2. The molecule has 0 atom stereocenters. The van der Waals surface area contributed by atoms with Crippen molar-refractivity contribution in [3.05, 3.63) is 6.04 Å². The van der Waals surface area contributed by atoms with Crippen LogP contribution >= 0.6 is 0 Å². The van der Waals surface area contributed by atoms with Crippen molar-refractivity contribution in [3.8, 4) is 0 Å². The van der Waals surface area contributed by atoms with Crippen molar-refractivity contribution in [2.75, 3.05) is 21.1 Å². The van der Waals surface area contributed by atoms with Crippen LogP contribution in [0.5, 0.6) is 0 Å². The fourth-order valence-corrected chi connectivity index (χ4v) is 0.491. The van der Waals surface area contributed by atoms with Crippen LogP contribution in [0.1, 0.15) is 13.8 Å². The number of amides is 2. The van der Waals surface area contributed by atoms with E-state index in [0.717, 1.165) is 12.3 Å². The van der Waals surface area contributed by atoms with Crippen molar-refractivity contribution in [1.29, 1.82) is 0 Å². The average molecular weight is 289 g/mol. The van der Waals surface area contributed by atoms with Crippen LogP contribution in [-0.4, -0.2) is 49.5 Å². The Morgan fingerprint density at radius 3 is 1.67 bits per heavy atom. The van der Waals surface area contributed by atoms with Crippen molar-refractivity contribution >= 4 is 18.6 Å². The van der Waals surface area contributed by atoms with E-state index in [-0.39, 0.29) is 45.0 Å². The molecule has 0 aromatic heterocycles. The van der Waals surface area contributed by atoms with E-state index in [2.05, 4.69) is 0 Å². The Bertz CT molecular complexity index is 190. The molecule has 0 aliphatic heterocycles. The third kappa shape index (κ3) is 11.6. The van der Waals surface area contributed by atoms with Crippen molar-refractivity contribution < 1.29 is 47.1 Å². The molecule has 0 aromatic rings. The molecule has 0 saturated carbocycles. The van der Waals surface area contributed by atoms with Crippen LogP contribution in [0.2, 0.25) is 0 Å². The first-order valence-corrected chi connectivity index (χ1v) is 3.95. The molecule has 2 amide bonds. The van der Waals surface area contributed by atoms with Gasteiger partial charge in [0.25, 0.3) is 6.03 Å². The molecule has 85 valence electrons. The fourth-order valence-electron chi connectivity index (χ4n) is 0.491. The van der Waals surface area contributed by atoms with Gasteiger partial charge in [0.05, 0.1) is 0 Å². The second kappa shape index (κ2) is 11.8. The number of aldehydes is 1. The average Bonchev–Trinajstić information content (AvgIpc) is 2.15. The van der Waals surface area contributed by atoms with Crippen LogP contribution in [0, 0.1) is 6.04 Å². The summed E-state index contributed by atoms with van der Waals surface area (Å²) in [6.07, 6.45) is 1.07. The third-order valence-corrected chi connectivity index (χ3v) is 1.39. The van der Waals surface area contributed by atoms with E-state index < -0.39 is 0 Å². The Balaban J connectivity index is -0.000000249. The van der Waals surface area contributed by atoms with E-state index in [0.29, 0.717) is 0 Å². The van der Waals surface area contributed by atoms with Crippen LogP contribution in [0.15, 0.2) is 0 Å². The Labute approximate surface area is 116 Å². The maximum absolute atomic E-state index is 11.1. The number of urea groups is 1. The van der Waals surface area contributed by atoms with Gasteiger partial charge in [-0.15, -0.1) is 0 Å². The van der Waals surface area contributed by atoms with Crippen molar-refractivity contribution in [1.82, 2.24) is 9.80 Å². The molecule has 5 nitrogen and oxygen atoms in total. The summed E-state index contributed by atoms with van der Waals surface area (Å²) < 4.78 is 0. The molecule has 1 radical (unpaired) electrons. The first-order valence-electron chi connectivity index (χ1n) is 3.95. The number of hydrogen-bond donors (Lipinski definition) is 0. The van der Waals surface area contributed by atoms with E-state index in [1.165, 1.54) is 0 Å². The van der Waals surface area contributed by atoms with Crippen molar-refractivity contribution in [3.63, 3.8) is 0 Å². The normalized spacial score (nSPS) is 7.87. The van der Waals surface area contributed by atoms with Gasteiger partial charge in [0, 0.05) is 53.1 Å². The van der Waals surface area contributed by atoms with Gasteiger partial charge in [0.15, 0.2) is 0 Å². The van der Waals surface area contributed by atoms with Crippen LogP contribution in [-0.2, 0) is 42.3 Å². The summed E-state index contributed by atoms with van der Waals surface area (Å²) in [5, 5.41) is 0. The Kier molecular flexibility index (Phi) is 15.8. The molecule has 0 fully saturated rings. The molecular weight excluding hydrogens is 273 g/mol. The van der Waals surface area contributed by atoms with Gasteiger partial charge in [0.1, 0.15) is 0 Å². The number of rotatable bonds is 2. The van der Waals surface area contributed by atoms with E-state index in [4.69, 9.17) is 9.59 Å². The summed E-state index contributed by atoms with van der Waals surface area (Å²) in [5.41, 5.74) is 0. The van der Waals surface area contributed by atoms with E-state index in [1.54, 1.807) is 30.9 Å². The minimum atomic E-state index is 0. The van der Waals surface area contributed by atoms with Crippen LogP contribution in [0.4, 0.5) is 4.79 Å². The molecule has 0 saturated heterocycles. The SMILES string of the molecule is C[C-](C)N(C)C(=O)N(C)C.O=[C-]C=O.[Y]. The molecular formula is C9H16N2O3Y-2. The Hall–Kier alpha value is -0.286. The summed E-state index contributed by atoms with van der Waals surface area (Å²) in [6, 6.07) is 1.01. The largest absolute Gasteiger partial charge is 0.534 e. The standard InChI is InChI=1S/C7H15N2O.C2HO2.Y/c1-6(2)9(5)7(10)8(3)4;3-1-2-4;/h1-5H3;1H;/q2*-1;.